The van der Waals surface area contributed by atoms with Crippen molar-refractivity contribution in [1.29, 1.82) is 0 Å². The Bertz CT molecular complexity index is 1440. The van der Waals surface area contributed by atoms with E-state index in [-0.39, 0.29) is 18.1 Å². The summed E-state index contributed by atoms with van der Waals surface area (Å²) in [6, 6.07) is 15.9. The molecule has 1 N–H and O–H groups in total. The number of carbonyl (C=O) groups excluding carboxylic acids is 1. The highest BCUT2D eigenvalue weighted by atomic mass is 31.0. The third kappa shape index (κ3) is 13.7. The molecular weight excluding hydrogens is 659 g/mol. The van der Waals surface area contributed by atoms with Gasteiger partial charge in [-0.3, -0.25) is 15.1 Å². The number of halogens is 2. The van der Waals surface area contributed by atoms with Gasteiger partial charge in [-0.15, -0.1) is 0 Å². The number of benzene rings is 2. The maximum Gasteiger partial charge on any atom is 0.287 e. The Balaban J connectivity index is 0.000000258. The first-order valence-corrected chi connectivity index (χ1v) is 19.2. The number of carbonyl (C=O) groups is 1. The van der Waals surface area contributed by atoms with Gasteiger partial charge in [-0.05, 0) is 106 Å². The lowest BCUT2D eigenvalue weighted by Gasteiger charge is -2.42. The Hall–Kier alpha value is -3.15. The normalized spacial score (nSPS) is 19.1. The number of allylic oxidation sites excluding steroid dienone is 4. The number of alkyl halides is 2. The number of nitrogens with one attached hydrogen (secondary N) is 1. The molecule has 282 valence electrons. The van der Waals surface area contributed by atoms with Crippen LogP contribution in [-0.2, 0) is 9.63 Å². The van der Waals surface area contributed by atoms with Gasteiger partial charge < -0.3 is 0 Å². The largest absolute Gasteiger partial charge is 0.300 e. The van der Waals surface area contributed by atoms with E-state index in [0.29, 0.717) is 11.3 Å². The number of aryl methyl sites for hydroxylation is 1. The summed E-state index contributed by atoms with van der Waals surface area (Å²) >= 11 is 0. The third-order valence-electron chi connectivity index (χ3n) is 9.78. The van der Waals surface area contributed by atoms with Crippen molar-refractivity contribution in [1.82, 2.24) is 0 Å². The van der Waals surface area contributed by atoms with E-state index >= 15 is 0 Å². The predicted molar refractivity (Wildman–Crippen MR) is 218 cm³/mol. The number of rotatable bonds is 10. The summed E-state index contributed by atoms with van der Waals surface area (Å²) in [5.74, 6) is 2.10. The van der Waals surface area contributed by atoms with E-state index in [9.17, 15) is 13.6 Å². The van der Waals surface area contributed by atoms with E-state index in [1.54, 1.807) is 58.5 Å². The second-order valence-electron chi connectivity index (χ2n) is 14.3. The Labute approximate surface area is 310 Å². The maximum absolute atomic E-state index is 14.2. The summed E-state index contributed by atoms with van der Waals surface area (Å²) in [4.78, 5) is 14.9. The summed E-state index contributed by atoms with van der Waals surface area (Å²) in [5, 5.41) is 5.46. The summed E-state index contributed by atoms with van der Waals surface area (Å²) < 4.78 is 28.4. The van der Waals surface area contributed by atoms with E-state index < -0.39 is 11.2 Å². The van der Waals surface area contributed by atoms with Crippen molar-refractivity contribution in [2.75, 3.05) is 17.6 Å². The number of hydrogen-bond donors (Lipinski definition) is 1. The van der Waals surface area contributed by atoms with Crippen molar-refractivity contribution in [3.05, 3.63) is 95.6 Å². The number of nitrogens with zero attached hydrogens (tertiary/aromatic N) is 2. The monoisotopic (exact) mass is 723 g/mol. The molecule has 1 saturated carbocycles. The van der Waals surface area contributed by atoms with E-state index in [2.05, 4.69) is 80.4 Å². The van der Waals surface area contributed by atoms with Gasteiger partial charge in [0, 0.05) is 18.6 Å². The van der Waals surface area contributed by atoms with Gasteiger partial charge >= 0.3 is 0 Å². The Kier molecular flexibility index (Phi) is 19.0. The van der Waals surface area contributed by atoms with Crippen molar-refractivity contribution in [3.8, 4) is 0 Å². The molecule has 1 heterocycles. The van der Waals surface area contributed by atoms with Crippen LogP contribution in [0.3, 0.4) is 0 Å². The van der Waals surface area contributed by atoms with Crippen LogP contribution in [0.5, 0.6) is 0 Å². The van der Waals surface area contributed by atoms with Gasteiger partial charge in [-0.2, -0.15) is 13.9 Å². The molecule has 2 aliphatic carbocycles. The molecule has 5 rings (SSSR count). The first kappa shape index (κ1) is 44.0. The molecule has 0 aromatic heterocycles. The van der Waals surface area contributed by atoms with Crippen molar-refractivity contribution >= 4 is 32.6 Å². The van der Waals surface area contributed by atoms with Crippen LogP contribution >= 0.6 is 9.24 Å². The minimum atomic E-state index is -3.06. The summed E-state index contributed by atoms with van der Waals surface area (Å²) in [6.45, 7) is 17.5. The molecule has 2 aromatic rings. The number of Topliss-reactive ketones (excluding diaryl/α,β-unsaturated/α-hetero) is 1. The lowest BCUT2D eigenvalue weighted by molar-refractivity contribution is -0.119. The first-order chi connectivity index (χ1) is 24.2. The molecule has 0 radical (unpaired) electrons. The highest BCUT2D eigenvalue weighted by molar-refractivity contribution is 7.18. The van der Waals surface area contributed by atoms with Gasteiger partial charge in [0.1, 0.15) is 5.78 Å². The van der Waals surface area contributed by atoms with Gasteiger partial charge in [-0.1, -0.05) is 117 Å². The van der Waals surface area contributed by atoms with Gasteiger partial charge in [0.25, 0.3) is 5.66 Å². The maximum atomic E-state index is 14.2. The van der Waals surface area contributed by atoms with Crippen LogP contribution in [0.15, 0.2) is 89.6 Å². The average Bonchev–Trinajstić information content (AvgIpc) is 3.58. The third-order valence-corrected chi connectivity index (χ3v) is 10.3. The van der Waals surface area contributed by atoms with E-state index in [1.165, 1.54) is 81.7 Å². The van der Waals surface area contributed by atoms with Crippen LogP contribution in [0.2, 0.25) is 0 Å². The Morgan fingerprint density at radius 1 is 1.10 bits per heavy atom. The zero-order valence-electron chi connectivity index (χ0n) is 32.5. The molecule has 1 fully saturated rings. The molecule has 0 spiro atoms. The summed E-state index contributed by atoms with van der Waals surface area (Å²) in [5.41, 5.74) is 4.23. The summed E-state index contributed by atoms with van der Waals surface area (Å²) in [6.07, 6.45) is 20.8. The molecule has 1 aliphatic heterocycles. The molecule has 51 heavy (non-hydrogen) atoms. The van der Waals surface area contributed by atoms with Gasteiger partial charge in [0.15, 0.2) is 5.54 Å². The van der Waals surface area contributed by atoms with Gasteiger partial charge in [-0.25, -0.2) is 5.01 Å². The second-order valence-corrected chi connectivity index (χ2v) is 15.0. The van der Waals surface area contributed by atoms with Crippen LogP contribution in [0, 0.1) is 18.8 Å². The molecule has 0 amide bonds. The number of hydrazone groups is 1. The standard InChI is InChI=1S/C14H18F2N3OP.C13H18.C11H18.C5H10O/c1-10(2)13(14(15,16)21)8-9-17-19(13)12-6-4-11(5-7-12)18-20-3;1-11-6-5-9-13(10-11)12-7-3-2-4-8-12;1-3-7-10(2)11-8-5-4-6-9-11;1-4(2)5(3)6/h4-7,9,18H,1,8,21H2,2-3H3;5-6,9-10,12H,2-4,7-8H2,1H3;5,8-10H,3-4,6-7H2,1-2H3;4H,1-3H3. The zero-order chi connectivity index (χ0) is 38.0. The predicted octanol–water partition coefficient (Wildman–Crippen LogP) is 12.6. The molecule has 8 heteroatoms. The average molecular weight is 724 g/mol. The lowest BCUT2D eigenvalue weighted by atomic mass is 9.84. The van der Waals surface area contributed by atoms with Crippen molar-refractivity contribution in [2.45, 2.75) is 130 Å². The number of hydrogen-bond acceptors (Lipinski definition) is 5. The molecule has 3 unspecified atom stereocenters. The van der Waals surface area contributed by atoms with Crippen LogP contribution in [0.1, 0.15) is 123 Å². The number of anilines is 2. The minimum absolute atomic E-state index is 0.108. The van der Waals surface area contributed by atoms with Gasteiger partial charge in [0.2, 0.25) is 0 Å². The van der Waals surface area contributed by atoms with Crippen LogP contribution in [0.25, 0.3) is 0 Å². The smallest absolute Gasteiger partial charge is 0.287 e. The fourth-order valence-electron chi connectivity index (χ4n) is 6.39. The molecule has 3 atom stereocenters. The van der Waals surface area contributed by atoms with Crippen molar-refractivity contribution < 1.29 is 18.4 Å². The molecule has 5 nitrogen and oxygen atoms in total. The fraction of sp³-hybridized carbons (Fsp3) is 0.535. The molecule has 2 aromatic carbocycles. The minimum Gasteiger partial charge on any atom is -0.300 e. The Morgan fingerprint density at radius 2 is 1.75 bits per heavy atom. The van der Waals surface area contributed by atoms with E-state index in [4.69, 9.17) is 4.84 Å². The van der Waals surface area contributed by atoms with Crippen LogP contribution < -0.4 is 10.5 Å². The Morgan fingerprint density at radius 3 is 2.24 bits per heavy atom. The van der Waals surface area contributed by atoms with Gasteiger partial charge in [0.05, 0.1) is 18.5 Å². The van der Waals surface area contributed by atoms with E-state index in [0.717, 1.165) is 17.5 Å². The quantitative estimate of drug-likeness (QED) is 0.151. The molecular formula is C43H64F2N3O2P. The molecule has 3 aliphatic rings. The highest BCUT2D eigenvalue weighted by Crippen LogP contribution is 2.49. The summed E-state index contributed by atoms with van der Waals surface area (Å²) in [7, 11) is 3.11. The SMILES string of the molecule is C=C(C)C1(C(F)(F)P)CC=NN1c1ccc(NOC)cc1.CC(=O)C(C)C.CCCC(C)C1=CCCC=C1.Cc1cccc(C2CCCCC2)c1. The lowest BCUT2D eigenvalue weighted by Crippen LogP contribution is -2.54. The van der Waals surface area contributed by atoms with Crippen molar-refractivity contribution in [3.63, 3.8) is 0 Å². The number of ketones is 1. The molecule has 0 bridgehead atoms. The van der Waals surface area contributed by atoms with Crippen molar-refractivity contribution in [2.24, 2.45) is 16.9 Å². The van der Waals surface area contributed by atoms with E-state index in [1.807, 2.05) is 13.8 Å². The second kappa shape index (κ2) is 22.0. The molecule has 0 saturated heterocycles. The van der Waals surface area contributed by atoms with Crippen LogP contribution in [-0.4, -0.2) is 30.3 Å². The highest BCUT2D eigenvalue weighted by Gasteiger charge is 2.57. The van der Waals surface area contributed by atoms with Crippen LogP contribution in [0.4, 0.5) is 20.2 Å². The zero-order valence-corrected chi connectivity index (χ0v) is 33.6. The first-order valence-electron chi connectivity index (χ1n) is 18.7. The topological polar surface area (TPSA) is 53.9 Å². The fourth-order valence-corrected chi connectivity index (χ4v) is 6.88.